The standard InChI is InChI=1S/C13H16N2O5/c16-5-8-9(17)10-12(19-8)15-11(18)6-3-1-2-4-7(6)14-13(15)20-10/h8-10,12,16-17H,1-5H2/t8-,9-,10+,12-/m1/s1. The minimum Gasteiger partial charge on any atom is -0.453 e. The van der Waals surface area contributed by atoms with Crippen molar-refractivity contribution in [3.63, 3.8) is 0 Å². The van der Waals surface area contributed by atoms with Crippen LogP contribution in [0.2, 0.25) is 0 Å². The van der Waals surface area contributed by atoms with Crippen LogP contribution in [0.15, 0.2) is 4.79 Å². The highest BCUT2D eigenvalue weighted by Crippen LogP contribution is 2.38. The highest BCUT2D eigenvalue weighted by atomic mass is 16.6. The van der Waals surface area contributed by atoms with Crippen molar-refractivity contribution < 1.29 is 19.7 Å². The molecule has 1 aromatic heterocycles. The summed E-state index contributed by atoms with van der Waals surface area (Å²) in [4.78, 5) is 17.0. The van der Waals surface area contributed by atoms with Gasteiger partial charge in [0.25, 0.3) is 5.56 Å². The van der Waals surface area contributed by atoms with E-state index in [9.17, 15) is 9.90 Å². The largest absolute Gasteiger partial charge is 0.453 e. The molecule has 108 valence electrons. The summed E-state index contributed by atoms with van der Waals surface area (Å²) in [5.41, 5.74) is 1.40. The van der Waals surface area contributed by atoms with Gasteiger partial charge in [0, 0.05) is 5.56 Å². The van der Waals surface area contributed by atoms with Crippen LogP contribution in [0.25, 0.3) is 0 Å². The first-order valence-electron chi connectivity index (χ1n) is 6.96. The fourth-order valence-corrected chi connectivity index (χ4v) is 3.28. The number of aliphatic hydroxyl groups is 2. The number of aliphatic hydroxyl groups excluding tert-OH is 2. The van der Waals surface area contributed by atoms with Crippen LogP contribution in [0, 0.1) is 0 Å². The molecule has 1 fully saturated rings. The Morgan fingerprint density at radius 1 is 1.35 bits per heavy atom. The van der Waals surface area contributed by atoms with Crippen molar-refractivity contribution in [2.75, 3.05) is 6.61 Å². The van der Waals surface area contributed by atoms with Crippen molar-refractivity contribution in [1.82, 2.24) is 9.55 Å². The molecule has 0 unspecified atom stereocenters. The summed E-state index contributed by atoms with van der Waals surface area (Å²) in [6.07, 6.45) is 0.498. The Morgan fingerprint density at radius 2 is 2.15 bits per heavy atom. The molecule has 1 aliphatic carbocycles. The Kier molecular flexibility index (Phi) is 2.63. The van der Waals surface area contributed by atoms with E-state index in [0.717, 1.165) is 36.9 Å². The number of nitrogens with zero attached hydrogens (tertiary/aromatic N) is 2. The molecule has 7 heteroatoms. The predicted octanol–water partition coefficient (Wildman–Crippen LogP) is -0.866. The second-order valence-corrected chi connectivity index (χ2v) is 5.52. The van der Waals surface area contributed by atoms with E-state index in [2.05, 4.69) is 4.98 Å². The fourth-order valence-electron chi connectivity index (χ4n) is 3.28. The molecule has 2 N–H and O–H groups in total. The van der Waals surface area contributed by atoms with Crippen LogP contribution in [0.5, 0.6) is 6.01 Å². The van der Waals surface area contributed by atoms with Gasteiger partial charge >= 0.3 is 6.01 Å². The molecule has 7 nitrogen and oxygen atoms in total. The Bertz CT molecular complexity index is 614. The van der Waals surface area contributed by atoms with Crippen molar-refractivity contribution in [3.8, 4) is 6.01 Å². The average molecular weight is 280 g/mol. The van der Waals surface area contributed by atoms with Gasteiger partial charge in [-0.2, -0.15) is 0 Å². The third-order valence-corrected chi connectivity index (χ3v) is 4.34. The zero-order valence-corrected chi connectivity index (χ0v) is 10.9. The smallest absolute Gasteiger partial charge is 0.302 e. The summed E-state index contributed by atoms with van der Waals surface area (Å²) in [5, 5.41) is 19.2. The molecular formula is C13H16N2O5. The first-order valence-corrected chi connectivity index (χ1v) is 6.96. The van der Waals surface area contributed by atoms with E-state index in [1.165, 1.54) is 4.57 Å². The van der Waals surface area contributed by atoms with Crippen LogP contribution in [-0.2, 0) is 17.6 Å². The maximum Gasteiger partial charge on any atom is 0.302 e. The Balaban J connectivity index is 1.81. The number of aromatic nitrogens is 2. The zero-order valence-electron chi connectivity index (χ0n) is 10.9. The lowest BCUT2D eigenvalue weighted by molar-refractivity contribution is -0.0444. The zero-order chi connectivity index (χ0) is 13.9. The van der Waals surface area contributed by atoms with Crippen LogP contribution in [0.4, 0.5) is 0 Å². The Labute approximate surface area is 114 Å². The van der Waals surface area contributed by atoms with E-state index in [0.29, 0.717) is 0 Å². The lowest BCUT2D eigenvalue weighted by Gasteiger charge is -2.18. The molecule has 3 aliphatic rings. The summed E-state index contributed by atoms with van der Waals surface area (Å²) in [6, 6.07) is 0.223. The molecule has 1 aromatic rings. The summed E-state index contributed by atoms with van der Waals surface area (Å²) in [7, 11) is 0. The van der Waals surface area contributed by atoms with Gasteiger partial charge in [0.2, 0.25) is 0 Å². The van der Waals surface area contributed by atoms with E-state index in [1.807, 2.05) is 0 Å². The third kappa shape index (κ3) is 1.51. The van der Waals surface area contributed by atoms with E-state index >= 15 is 0 Å². The van der Waals surface area contributed by atoms with E-state index < -0.39 is 24.5 Å². The molecule has 1 saturated heterocycles. The number of hydrogen-bond donors (Lipinski definition) is 2. The van der Waals surface area contributed by atoms with Gasteiger partial charge in [0.05, 0.1) is 12.3 Å². The molecule has 3 heterocycles. The van der Waals surface area contributed by atoms with Crippen LogP contribution in [0.3, 0.4) is 0 Å². The maximum absolute atomic E-state index is 12.6. The van der Waals surface area contributed by atoms with E-state index in [1.54, 1.807) is 0 Å². The summed E-state index contributed by atoms with van der Waals surface area (Å²) in [5.74, 6) is 0. The van der Waals surface area contributed by atoms with Crippen LogP contribution in [-0.4, -0.2) is 44.7 Å². The number of rotatable bonds is 1. The molecule has 4 rings (SSSR count). The highest BCUT2D eigenvalue weighted by molar-refractivity contribution is 5.26. The Hall–Kier alpha value is -1.44. The highest BCUT2D eigenvalue weighted by Gasteiger charge is 2.52. The van der Waals surface area contributed by atoms with Gasteiger partial charge in [0.1, 0.15) is 12.2 Å². The number of fused-ring (bicyclic) bond motifs is 4. The third-order valence-electron chi connectivity index (χ3n) is 4.34. The lowest BCUT2D eigenvalue weighted by atomic mass is 9.97. The van der Waals surface area contributed by atoms with Crippen LogP contribution < -0.4 is 10.3 Å². The second kappa shape index (κ2) is 4.28. The molecule has 4 atom stereocenters. The van der Waals surface area contributed by atoms with Gasteiger partial charge < -0.3 is 19.7 Å². The topological polar surface area (TPSA) is 93.8 Å². The fraction of sp³-hybridized carbons (Fsp3) is 0.692. The van der Waals surface area contributed by atoms with Crippen molar-refractivity contribution in [3.05, 3.63) is 21.6 Å². The second-order valence-electron chi connectivity index (χ2n) is 5.52. The van der Waals surface area contributed by atoms with Gasteiger partial charge in [0.15, 0.2) is 12.3 Å². The van der Waals surface area contributed by atoms with Gasteiger partial charge in [-0.1, -0.05) is 0 Å². The van der Waals surface area contributed by atoms with E-state index in [-0.39, 0.29) is 18.2 Å². The Morgan fingerprint density at radius 3 is 2.95 bits per heavy atom. The molecule has 20 heavy (non-hydrogen) atoms. The lowest BCUT2D eigenvalue weighted by Crippen LogP contribution is -2.34. The van der Waals surface area contributed by atoms with Crippen LogP contribution >= 0.6 is 0 Å². The number of aryl methyl sites for hydroxylation is 1. The molecule has 2 aliphatic heterocycles. The average Bonchev–Trinajstić information content (AvgIpc) is 2.96. The quantitative estimate of drug-likeness (QED) is 0.695. The van der Waals surface area contributed by atoms with Crippen LogP contribution in [0.1, 0.15) is 30.3 Å². The minimum atomic E-state index is -0.955. The summed E-state index contributed by atoms with van der Waals surface area (Å²) >= 11 is 0. The van der Waals surface area contributed by atoms with Crippen molar-refractivity contribution >= 4 is 0 Å². The molecular weight excluding hydrogens is 264 g/mol. The monoisotopic (exact) mass is 280 g/mol. The number of hydrogen-bond acceptors (Lipinski definition) is 6. The molecule has 0 radical (unpaired) electrons. The molecule has 0 aromatic carbocycles. The SMILES string of the molecule is O=c1c2c(nc3n1[C@@H]1O[C@H](CO)[C@@H](O)[C@@H]1O3)CCCC2. The van der Waals surface area contributed by atoms with Gasteiger partial charge in [-0.15, -0.1) is 0 Å². The molecule has 0 spiro atoms. The van der Waals surface area contributed by atoms with Gasteiger partial charge in [-0.05, 0) is 25.7 Å². The van der Waals surface area contributed by atoms with Crippen molar-refractivity contribution in [2.45, 2.75) is 50.2 Å². The summed E-state index contributed by atoms with van der Waals surface area (Å²) in [6.45, 7) is -0.306. The molecule has 0 amide bonds. The van der Waals surface area contributed by atoms with Crippen molar-refractivity contribution in [2.24, 2.45) is 0 Å². The minimum absolute atomic E-state index is 0.136. The van der Waals surface area contributed by atoms with Gasteiger partial charge in [-0.3, -0.25) is 4.79 Å². The van der Waals surface area contributed by atoms with E-state index in [4.69, 9.17) is 14.6 Å². The van der Waals surface area contributed by atoms with Crippen molar-refractivity contribution in [1.29, 1.82) is 0 Å². The first-order chi connectivity index (χ1) is 9.70. The number of ether oxygens (including phenoxy) is 2. The first kappa shape index (κ1) is 12.3. The normalized spacial score (nSPS) is 34.3. The maximum atomic E-state index is 12.6. The molecule has 0 bridgehead atoms. The summed E-state index contributed by atoms with van der Waals surface area (Å²) < 4.78 is 12.5. The van der Waals surface area contributed by atoms with Gasteiger partial charge in [-0.25, -0.2) is 9.55 Å². The molecule has 0 saturated carbocycles. The predicted molar refractivity (Wildman–Crippen MR) is 66.6 cm³/mol.